The molecule has 1 N–H and O–H groups in total. The minimum absolute atomic E-state index is 0.303. The number of aryl methyl sites for hydroxylation is 1. The van der Waals surface area contributed by atoms with Crippen molar-refractivity contribution in [1.82, 2.24) is 5.32 Å². The molecular weight excluding hydrogens is 222 g/mol. The van der Waals surface area contributed by atoms with Gasteiger partial charge in [-0.15, -0.1) is 0 Å². The zero-order chi connectivity index (χ0) is 13.1. The molecule has 18 heavy (non-hydrogen) atoms. The van der Waals surface area contributed by atoms with E-state index in [1.165, 1.54) is 23.8 Å². The predicted octanol–water partition coefficient (Wildman–Crippen LogP) is 4.44. The van der Waals surface area contributed by atoms with Gasteiger partial charge in [-0.25, -0.2) is 0 Å². The van der Waals surface area contributed by atoms with E-state index in [9.17, 15) is 0 Å². The van der Waals surface area contributed by atoms with Crippen LogP contribution >= 0.6 is 0 Å². The summed E-state index contributed by atoms with van der Waals surface area (Å²) in [6, 6.07) is 8.82. The summed E-state index contributed by atoms with van der Waals surface area (Å²) in [6.07, 6.45) is 2.42. The molecule has 0 radical (unpaired) electrons. The van der Waals surface area contributed by atoms with Crippen molar-refractivity contribution in [2.45, 2.75) is 39.7 Å². The first kappa shape index (κ1) is 13.2. The lowest BCUT2D eigenvalue weighted by Gasteiger charge is -2.20. The van der Waals surface area contributed by atoms with Gasteiger partial charge in [0.2, 0.25) is 0 Å². The van der Waals surface area contributed by atoms with Crippen LogP contribution in [0.3, 0.4) is 0 Å². The van der Waals surface area contributed by atoms with Crippen LogP contribution in [0.1, 0.15) is 44.1 Å². The summed E-state index contributed by atoms with van der Waals surface area (Å²) < 4.78 is 5.98. The molecule has 2 unspecified atom stereocenters. The molecule has 2 atom stereocenters. The Morgan fingerprint density at radius 2 is 2.06 bits per heavy atom. The van der Waals surface area contributed by atoms with Gasteiger partial charge in [-0.3, -0.25) is 0 Å². The second kappa shape index (κ2) is 5.57. The van der Waals surface area contributed by atoms with Gasteiger partial charge in [0.15, 0.2) is 0 Å². The van der Waals surface area contributed by atoms with Crippen molar-refractivity contribution in [2.75, 3.05) is 7.05 Å². The van der Waals surface area contributed by atoms with Gasteiger partial charge in [0.05, 0.1) is 6.04 Å². The third kappa shape index (κ3) is 2.59. The van der Waals surface area contributed by atoms with Crippen LogP contribution in [-0.2, 0) is 0 Å². The smallest absolute Gasteiger partial charge is 0.134 e. The van der Waals surface area contributed by atoms with E-state index < -0.39 is 0 Å². The monoisotopic (exact) mass is 245 g/mol. The Morgan fingerprint density at radius 1 is 1.28 bits per heavy atom. The van der Waals surface area contributed by atoms with E-state index in [0.29, 0.717) is 12.0 Å². The zero-order valence-electron chi connectivity index (χ0n) is 11.8. The molecule has 0 amide bonds. The minimum Gasteiger partial charge on any atom is -0.459 e. The summed E-state index contributed by atoms with van der Waals surface area (Å²) >= 11 is 0. The molecule has 0 fully saturated rings. The van der Waals surface area contributed by atoms with Crippen molar-refractivity contribution >= 4 is 11.0 Å². The van der Waals surface area contributed by atoms with Gasteiger partial charge in [0.1, 0.15) is 11.3 Å². The maximum atomic E-state index is 5.98. The molecule has 98 valence electrons. The lowest BCUT2D eigenvalue weighted by molar-refractivity contribution is 0.333. The van der Waals surface area contributed by atoms with Gasteiger partial charge >= 0.3 is 0 Å². The fourth-order valence-corrected chi connectivity index (χ4v) is 2.67. The average molecular weight is 245 g/mol. The Hall–Kier alpha value is -1.28. The summed E-state index contributed by atoms with van der Waals surface area (Å²) in [6.45, 7) is 6.62. The lowest BCUT2D eigenvalue weighted by Crippen LogP contribution is -2.22. The zero-order valence-corrected chi connectivity index (χ0v) is 11.8. The van der Waals surface area contributed by atoms with Crippen molar-refractivity contribution in [1.29, 1.82) is 0 Å². The number of fused-ring (bicyclic) bond motifs is 1. The van der Waals surface area contributed by atoms with Crippen molar-refractivity contribution in [3.05, 3.63) is 35.6 Å². The van der Waals surface area contributed by atoms with Crippen LogP contribution < -0.4 is 5.32 Å². The quantitative estimate of drug-likeness (QED) is 0.842. The standard InChI is InChI=1S/C16H23NO/c1-5-6-12(3)16(17-4)15-10-13-9-11(2)7-8-14(13)18-15/h7-10,12,16-17H,5-6H2,1-4H3. The van der Waals surface area contributed by atoms with E-state index in [1.807, 2.05) is 7.05 Å². The number of hydrogen-bond acceptors (Lipinski definition) is 2. The normalized spacial score (nSPS) is 14.9. The van der Waals surface area contributed by atoms with E-state index in [0.717, 1.165) is 11.3 Å². The summed E-state index contributed by atoms with van der Waals surface area (Å²) in [5.41, 5.74) is 2.26. The third-order valence-corrected chi connectivity index (χ3v) is 3.62. The Balaban J connectivity index is 2.33. The first-order chi connectivity index (χ1) is 8.65. The highest BCUT2D eigenvalue weighted by Gasteiger charge is 2.20. The second-order valence-corrected chi connectivity index (χ2v) is 5.22. The van der Waals surface area contributed by atoms with Gasteiger partial charge in [-0.2, -0.15) is 0 Å². The molecular formula is C16H23NO. The molecule has 0 saturated heterocycles. The summed E-state index contributed by atoms with van der Waals surface area (Å²) in [5.74, 6) is 1.64. The maximum absolute atomic E-state index is 5.98. The SMILES string of the molecule is CCCC(C)C(NC)c1cc2cc(C)ccc2o1. The van der Waals surface area contributed by atoms with E-state index in [2.05, 4.69) is 50.4 Å². The van der Waals surface area contributed by atoms with Crippen LogP contribution in [0, 0.1) is 12.8 Å². The summed E-state index contributed by atoms with van der Waals surface area (Å²) in [5, 5.41) is 4.59. The van der Waals surface area contributed by atoms with Crippen LogP contribution in [0.15, 0.2) is 28.7 Å². The Morgan fingerprint density at radius 3 is 2.72 bits per heavy atom. The number of rotatable bonds is 5. The topological polar surface area (TPSA) is 25.2 Å². The first-order valence-corrected chi connectivity index (χ1v) is 6.83. The van der Waals surface area contributed by atoms with Gasteiger partial charge < -0.3 is 9.73 Å². The van der Waals surface area contributed by atoms with E-state index in [4.69, 9.17) is 4.42 Å². The summed E-state index contributed by atoms with van der Waals surface area (Å²) in [7, 11) is 2.01. The molecule has 2 nitrogen and oxygen atoms in total. The highest BCUT2D eigenvalue weighted by molar-refractivity contribution is 5.78. The molecule has 2 aromatic rings. The third-order valence-electron chi connectivity index (χ3n) is 3.62. The number of nitrogens with one attached hydrogen (secondary N) is 1. The highest BCUT2D eigenvalue weighted by atomic mass is 16.3. The minimum atomic E-state index is 0.303. The van der Waals surface area contributed by atoms with Crippen molar-refractivity contribution in [3.8, 4) is 0 Å². The first-order valence-electron chi connectivity index (χ1n) is 6.83. The van der Waals surface area contributed by atoms with Crippen LogP contribution in [0.2, 0.25) is 0 Å². The van der Waals surface area contributed by atoms with Crippen molar-refractivity contribution in [2.24, 2.45) is 5.92 Å². The Labute approximate surface area is 109 Å². The average Bonchev–Trinajstić information content (AvgIpc) is 2.72. The fraction of sp³-hybridized carbons (Fsp3) is 0.500. The van der Waals surface area contributed by atoms with E-state index in [1.54, 1.807) is 0 Å². The van der Waals surface area contributed by atoms with Gasteiger partial charge in [0.25, 0.3) is 0 Å². The van der Waals surface area contributed by atoms with Crippen LogP contribution in [0.4, 0.5) is 0 Å². The molecule has 1 heterocycles. The molecule has 1 aromatic heterocycles. The van der Waals surface area contributed by atoms with Gasteiger partial charge in [-0.05, 0) is 44.5 Å². The Kier molecular flexibility index (Phi) is 4.07. The van der Waals surface area contributed by atoms with Crippen LogP contribution in [0.5, 0.6) is 0 Å². The largest absolute Gasteiger partial charge is 0.459 e. The highest BCUT2D eigenvalue weighted by Crippen LogP contribution is 2.30. The maximum Gasteiger partial charge on any atom is 0.134 e. The van der Waals surface area contributed by atoms with E-state index >= 15 is 0 Å². The molecule has 2 heteroatoms. The van der Waals surface area contributed by atoms with E-state index in [-0.39, 0.29) is 0 Å². The molecule has 2 rings (SSSR count). The molecule has 0 aliphatic carbocycles. The number of furan rings is 1. The predicted molar refractivity (Wildman–Crippen MR) is 76.8 cm³/mol. The molecule has 0 aliphatic heterocycles. The van der Waals surface area contributed by atoms with Crippen LogP contribution in [-0.4, -0.2) is 7.05 Å². The van der Waals surface area contributed by atoms with Gasteiger partial charge in [0, 0.05) is 5.39 Å². The van der Waals surface area contributed by atoms with Crippen LogP contribution in [0.25, 0.3) is 11.0 Å². The second-order valence-electron chi connectivity index (χ2n) is 5.22. The molecule has 1 aromatic carbocycles. The van der Waals surface area contributed by atoms with Gasteiger partial charge in [-0.1, -0.05) is 31.9 Å². The molecule has 0 spiro atoms. The number of hydrogen-bond donors (Lipinski definition) is 1. The Bertz CT molecular complexity index is 515. The molecule has 0 aliphatic rings. The van der Waals surface area contributed by atoms with Crippen molar-refractivity contribution < 1.29 is 4.42 Å². The lowest BCUT2D eigenvalue weighted by atomic mass is 9.95. The molecule has 0 saturated carbocycles. The van der Waals surface area contributed by atoms with Crippen molar-refractivity contribution in [3.63, 3.8) is 0 Å². The summed E-state index contributed by atoms with van der Waals surface area (Å²) in [4.78, 5) is 0. The fourth-order valence-electron chi connectivity index (χ4n) is 2.67. The molecule has 0 bridgehead atoms. The number of benzene rings is 1.